The van der Waals surface area contributed by atoms with E-state index in [4.69, 9.17) is 4.74 Å². The number of phenolic OH excluding ortho intramolecular Hbond substituents is 2. The van der Waals surface area contributed by atoms with Crippen LogP contribution in [-0.4, -0.2) is 53.3 Å². The molecule has 2 aromatic rings. The van der Waals surface area contributed by atoms with Gasteiger partial charge in [0.05, 0.1) is 17.7 Å². The number of amides is 1. The smallest absolute Gasteiger partial charge is 0.253 e. The number of hydrogen-bond acceptors (Lipinski definition) is 6. The Morgan fingerprint density at radius 3 is 2.72 bits per heavy atom. The number of nitrogens with zero attached hydrogens (tertiary/aromatic N) is 1. The Morgan fingerprint density at radius 2 is 1.97 bits per heavy atom. The average molecular weight is 397 g/mol. The van der Waals surface area contributed by atoms with Crippen LogP contribution in [0.5, 0.6) is 17.2 Å². The van der Waals surface area contributed by atoms with Crippen LogP contribution in [0.25, 0.3) is 0 Å². The molecule has 1 aliphatic heterocycles. The van der Waals surface area contributed by atoms with Crippen molar-refractivity contribution in [1.82, 2.24) is 4.90 Å². The summed E-state index contributed by atoms with van der Waals surface area (Å²) >= 11 is 0. The number of ether oxygens (including phenoxy) is 1. The van der Waals surface area contributed by atoms with E-state index in [1.165, 1.54) is 24.3 Å². The van der Waals surface area contributed by atoms with Crippen LogP contribution < -0.4 is 4.74 Å². The van der Waals surface area contributed by atoms with Crippen molar-refractivity contribution in [3.8, 4) is 17.2 Å². The molecular weight excluding hydrogens is 374 g/mol. The third kappa shape index (κ3) is 4.74. The molecule has 0 aromatic heterocycles. The molecule has 0 saturated carbocycles. The summed E-state index contributed by atoms with van der Waals surface area (Å²) in [5.41, 5.74) is 0.596. The fraction of sp³-hybridized carbons (Fsp3) is 0.318. The Hall–Kier alpha value is -3.35. The molecule has 1 fully saturated rings. The Bertz CT molecular complexity index is 910. The van der Waals surface area contributed by atoms with Crippen molar-refractivity contribution >= 4 is 18.5 Å². The van der Waals surface area contributed by atoms with Crippen LogP contribution in [0.4, 0.5) is 0 Å². The zero-order chi connectivity index (χ0) is 20.8. The molecule has 0 unspecified atom stereocenters. The van der Waals surface area contributed by atoms with Gasteiger partial charge in [0.2, 0.25) is 0 Å². The number of benzene rings is 2. The first-order valence-electron chi connectivity index (χ1n) is 9.51. The molecule has 152 valence electrons. The highest BCUT2D eigenvalue weighted by Gasteiger charge is 2.25. The fourth-order valence-corrected chi connectivity index (χ4v) is 3.56. The fourth-order valence-electron chi connectivity index (χ4n) is 3.56. The van der Waals surface area contributed by atoms with E-state index >= 15 is 0 Å². The summed E-state index contributed by atoms with van der Waals surface area (Å²) < 4.78 is 5.67. The van der Waals surface area contributed by atoms with Crippen LogP contribution in [0.1, 0.15) is 50.3 Å². The highest BCUT2D eigenvalue weighted by atomic mass is 16.5. The maximum absolute atomic E-state index is 12.8. The van der Waals surface area contributed by atoms with Gasteiger partial charge in [-0.25, -0.2) is 0 Å². The molecule has 1 atom stereocenters. The molecular formula is C22H23NO6. The summed E-state index contributed by atoms with van der Waals surface area (Å²) in [6.45, 7) is 1.57. The van der Waals surface area contributed by atoms with Crippen LogP contribution in [0.3, 0.4) is 0 Å². The van der Waals surface area contributed by atoms with Crippen molar-refractivity contribution in [2.75, 3.05) is 19.7 Å². The van der Waals surface area contributed by atoms with E-state index < -0.39 is 0 Å². The first-order valence-corrected chi connectivity index (χ1v) is 9.51. The minimum Gasteiger partial charge on any atom is -0.507 e. The molecule has 0 spiro atoms. The number of aromatic hydroxyl groups is 2. The van der Waals surface area contributed by atoms with E-state index in [-0.39, 0.29) is 34.5 Å². The van der Waals surface area contributed by atoms with E-state index in [9.17, 15) is 24.6 Å². The summed E-state index contributed by atoms with van der Waals surface area (Å²) in [5, 5.41) is 19.3. The van der Waals surface area contributed by atoms with E-state index in [1.807, 2.05) is 0 Å². The van der Waals surface area contributed by atoms with Crippen LogP contribution in [0.15, 0.2) is 36.4 Å². The number of carbonyl (C=O) groups excluding carboxylic acids is 3. The average Bonchev–Trinajstić information content (AvgIpc) is 2.74. The Labute approximate surface area is 168 Å². The number of rotatable bonds is 7. The Morgan fingerprint density at radius 1 is 1.14 bits per heavy atom. The lowest BCUT2D eigenvalue weighted by Gasteiger charge is -2.33. The lowest BCUT2D eigenvalue weighted by atomic mass is 9.94. The van der Waals surface area contributed by atoms with Crippen molar-refractivity contribution in [1.29, 1.82) is 0 Å². The summed E-state index contributed by atoms with van der Waals surface area (Å²) in [5.74, 6) is 0.152. The standard InChI is InChI=1S/C22H23NO6/c24-13-17-11-16(6-7-19(17)26)22(28)23-9-2-3-15(12-23)8-10-29-21-5-1-4-20(27)18(21)14-25/h1,4-7,11,13-15,26-27H,2-3,8-10,12H2/t15-/m0/s1. The third-order valence-electron chi connectivity index (χ3n) is 5.15. The second-order valence-electron chi connectivity index (χ2n) is 7.09. The molecule has 0 bridgehead atoms. The number of hydrogen-bond donors (Lipinski definition) is 2. The van der Waals surface area contributed by atoms with E-state index in [1.54, 1.807) is 17.0 Å². The summed E-state index contributed by atoms with van der Waals surface area (Å²) in [4.78, 5) is 36.6. The van der Waals surface area contributed by atoms with Crippen molar-refractivity contribution < 1.29 is 29.3 Å². The first kappa shape index (κ1) is 20.4. The zero-order valence-corrected chi connectivity index (χ0v) is 15.9. The van der Waals surface area contributed by atoms with Crippen LogP contribution >= 0.6 is 0 Å². The minimum absolute atomic E-state index is 0.0925. The van der Waals surface area contributed by atoms with Gasteiger partial charge in [-0.05, 0) is 55.5 Å². The van der Waals surface area contributed by atoms with Crippen LogP contribution in [0, 0.1) is 5.92 Å². The summed E-state index contributed by atoms with van der Waals surface area (Å²) in [6, 6.07) is 8.95. The van der Waals surface area contributed by atoms with Gasteiger partial charge >= 0.3 is 0 Å². The van der Waals surface area contributed by atoms with Crippen molar-refractivity contribution in [2.45, 2.75) is 19.3 Å². The summed E-state index contributed by atoms with van der Waals surface area (Å²) in [6.07, 6.45) is 3.62. The van der Waals surface area contributed by atoms with Crippen molar-refractivity contribution in [3.63, 3.8) is 0 Å². The molecule has 1 aliphatic rings. The number of aldehydes is 2. The second kappa shape index (κ2) is 9.23. The third-order valence-corrected chi connectivity index (χ3v) is 5.15. The maximum Gasteiger partial charge on any atom is 0.253 e. The van der Waals surface area contributed by atoms with Gasteiger partial charge in [-0.2, -0.15) is 0 Å². The quantitative estimate of drug-likeness (QED) is 0.696. The molecule has 3 rings (SSSR count). The van der Waals surface area contributed by atoms with Gasteiger partial charge < -0.3 is 19.8 Å². The molecule has 7 heteroatoms. The van der Waals surface area contributed by atoms with Gasteiger partial charge in [0.15, 0.2) is 12.6 Å². The van der Waals surface area contributed by atoms with Crippen molar-refractivity contribution in [2.24, 2.45) is 5.92 Å². The number of carbonyl (C=O) groups is 3. The highest BCUT2D eigenvalue weighted by molar-refractivity contribution is 5.96. The Balaban J connectivity index is 1.58. The van der Waals surface area contributed by atoms with Crippen molar-refractivity contribution in [3.05, 3.63) is 53.1 Å². The van der Waals surface area contributed by atoms with E-state index in [2.05, 4.69) is 0 Å². The predicted octanol–water partition coefficient (Wildman–Crippen LogP) is 3.04. The second-order valence-corrected chi connectivity index (χ2v) is 7.09. The monoisotopic (exact) mass is 397 g/mol. The lowest BCUT2D eigenvalue weighted by molar-refractivity contribution is 0.0656. The predicted molar refractivity (Wildman–Crippen MR) is 106 cm³/mol. The topological polar surface area (TPSA) is 104 Å². The van der Waals surface area contributed by atoms with Crippen LogP contribution in [0.2, 0.25) is 0 Å². The van der Waals surface area contributed by atoms with Crippen LogP contribution in [-0.2, 0) is 0 Å². The van der Waals surface area contributed by atoms with Gasteiger partial charge in [-0.15, -0.1) is 0 Å². The minimum atomic E-state index is -0.171. The van der Waals surface area contributed by atoms with Gasteiger partial charge in [-0.3, -0.25) is 14.4 Å². The molecule has 1 saturated heterocycles. The number of piperidine rings is 1. The number of phenols is 2. The molecule has 2 N–H and O–H groups in total. The first-order chi connectivity index (χ1) is 14.0. The zero-order valence-electron chi connectivity index (χ0n) is 15.9. The normalized spacial score (nSPS) is 16.3. The largest absolute Gasteiger partial charge is 0.507 e. The van der Waals surface area contributed by atoms with Gasteiger partial charge in [0, 0.05) is 18.7 Å². The molecule has 7 nitrogen and oxygen atoms in total. The molecule has 1 amide bonds. The van der Waals surface area contributed by atoms with Gasteiger partial charge in [0.1, 0.15) is 17.2 Å². The molecule has 0 radical (unpaired) electrons. The molecule has 0 aliphatic carbocycles. The summed E-state index contributed by atoms with van der Waals surface area (Å²) in [7, 11) is 0. The molecule has 1 heterocycles. The number of likely N-dealkylation sites (tertiary alicyclic amines) is 1. The lowest BCUT2D eigenvalue weighted by Crippen LogP contribution is -2.40. The van der Waals surface area contributed by atoms with E-state index in [0.717, 1.165) is 12.8 Å². The van der Waals surface area contributed by atoms with Gasteiger partial charge in [0.25, 0.3) is 5.91 Å². The maximum atomic E-state index is 12.8. The highest BCUT2D eigenvalue weighted by Crippen LogP contribution is 2.27. The Kier molecular flexibility index (Phi) is 6.49. The van der Waals surface area contributed by atoms with E-state index in [0.29, 0.717) is 50.0 Å². The van der Waals surface area contributed by atoms with Gasteiger partial charge in [-0.1, -0.05) is 6.07 Å². The molecule has 29 heavy (non-hydrogen) atoms. The molecule has 2 aromatic carbocycles. The SMILES string of the molecule is O=Cc1cc(C(=O)N2CCC[C@@H](CCOc3cccc(O)c3C=O)C2)ccc1O.